The molecule has 0 aromatic carbocycles. The molecule has 20 heavy (non-hydrogen) atoms. The van der Waals surface area contributed by atoms with Crippen molar-refractivity contribution in [3.8, 4) is 0 Å². The van der Waals surface area contributed by atoms with E-state index in [1.807, 2.05) is 0 Å². The van der Waals surface area contributed by atoms with Crippen molar-refractivity contribution < 1.29 is 0 Å². The molecule has 0 saturated carbocycles. The summed E-state index contributed by atoms with van der Waals surface area (Å²) in [6, 6.07) is 0.514. The van der Waals surface area contributed by atoms with Crippen molar-refractivity contribution in [1.29, 1.82) is 0 Å². The van der Waals surface area contributed by atoms with Crippen LogP contribution in [0.2, 0.25) is 0 Å². The van der Waals surface area contributed by atoms with Gasteiger partial charge in [-0.3, -0.25) is 5.10 Å². The molecule has 2 unspecified atom stereocenters. The molecular weight excluding hydrogens is 268 g/mol. The van der Waals surface area contributed by atoms with E-state index in [0.29, 0.717) is 6.04 Å². The van der Waals surface area contributed by atoms with Crippen molar-refractivity contribution in [2.24, 2.45) is 5.92 Å². The van der Waals surface area contributed by atoms with Crippen LogP contribution in [0.15, 0.2) is 11.1 Å². The van der Waals surface area contributed by atoms with Crippen LogP contribution in [-0.4, -0.2) is 27.5 Å². The highest BCUT2D eigenvalue weighted by Crippen LogP contribution is 2.30. The first-order chi connectivity index (χ1) is 9.60. The second kappa shape index (κ2) is 7.27. The van der Waals surface area contributed by atoms with Gasteiger partial charge in [0.1, 0.15) is 5.82 Å². The van der Waals surface area contributed by atoms with Crippen molar-refractivity contribution in [2.45, 2.75) is 58.4 Å². The van der Waals surface area contributed by atoms with Crippen molar-refractivity contribution in [3.05, 3.63) is 22.8 Å². The number of H-pyrrole nitrogens is 1. The van der Waals surface area contributed by atoms with E-state index in [1.54, 1.807) is 22.9 Å². The number of allylic oxidation sites excluding steroid dienone is 2. The zero-order valence-electron chi connectivity index (χ0n) is 13.0. The molecule has 0 spiro atoms. The van der Waals surface area contributed by atoms with Crippen LogP contribution in [0.4, 0.5) is 0 Å². The third-order valence-corrected chi connectivity index (χ3v) is 4.90. The molecule has 112 valence electrons. The Morgan fingerprint density at radius 2 is 2.20 bits per heavy atom. The lowest BCUT2D eigenvalue weighted by atomic mass is 9.81. The van der Waals surface area contributed by atoms with Gasteiger partial charge in [-0.1, -0.05) is 11.1 Å². The molecule has 0 radical (unpaired) electrons. The molecule has 5 heteroatoms. The van der Waals surface area contributed by atoms with E-state index in [0.717, 1.165) is 29.9 Å². The lowest BCUT2D eigenvalue weighted by Crippen LogP contribution is -2.34. The van der Waals surface area contributed by atoms with Gasteiger partial charge in [0, 0.05) is 6.04 Å². The normalized spacial score (nSPS) is 21.3. The summed E-state index contributed by atoms with van der Waals surface area (Å²) in [5.41, 5.74) is 3.17. The zero-order valence-corrected chi connectivity index (χ0v) is 13.8. The molecule has 0 bridgehead atoms. The molecule has 0 fully saturated rings. The van der Waals surface area contributed by atoms with Gasteiger partial charge in [0.15, 0.2) is 5.82 Å². The minimum atomic E-state index is 0.514. The van der Waals surface area contributed by atoms with E-state index < -0.39 is 0 Å². The van der Waals surface area contributed by atoms with E-state index in [1.165, 1.54) is 19.3 Å². The van der Waals surface area contributed by atoms with E-state index in [2.05, 4.69) is 47.5 Å². The summed E-state index contributed by atoms with van der Waals surface area (Å²) in [5.74, 6) is 3.48. The topological polar surface area (TPSA) is 53.6 Å². The van der Waals surface area contributed by atoms with E-state index in [9.17, 15) is 0 Å². The molecule has 2 atom stereocenters. The number of aromatic amines is 1. The molecule has 1 aliphatic rings. The van der Waals surface area contributed by atoms with Crippen LogP contribution in [0, 0.1) is 5.92 Å². The quantitative estimate of drug-likeness (QED) is 0.791. The van der Waals surface area contributed by atoms with Crippen LogP contribution in [0.25, 0.3) is 0 Å². The zero-order chi connectivity index (χ0) is 14.5. The Labute approximate surface area is 126 Å². The van der Waals surface area contributed by atoms with E-state index in [-0.39, 0.29) is 0 Å². The van der Waals surface area contributed by atoms with Crippen LogP contribution in [-0.2, 0) is 12.3 Å². The lowest BCUT2D eigenvalue weighted by Gasteiger charge is -2.29. The fourth-order valence-electron chi connectivity index (χ4n) is 2.75. The molecule has 1 aromatic heterocycles. The predicted octanol–water partition coefficient (Wildman–Crippen LogP) is 3.28. The van der Waals surface area contributed by atoms with E-state index in [4.69, 9.17) is 0 Å². The Bertz CT molecular complexity index is 466. The SMILES string of the molecule is CSCc1nc(CNC(C)C2CCC(C)=C(C)C2)n[nH]1. The molecule has 2 rings (SSSR count). The van der Waals surface area contributed by atoms with Crippen LogP contribution >= 0.6 is 11.8 Å². The third kappa shape index (κ3) is 4.09. The van der Waals surface area contributed by atoms with Crippen molar-refractivity contribution in [2.75, 3.05) is 6.26 Å². The summed E-state index contributed by atoms with van der Waals surface area (Å²) in [5, 5.41) is 10.8. The Kier molecular flexibility index (Phi) is 5.66. The first-order valence-electron chi connectivity index (χ1n) is 7.37. The second-order valence-corrected chi connectivity index (χ2v) is 6.73. The summed E-state index contributed by atoms with van der Waals surface area (Å²) < 4.78 is 0. The van der Waals surface area contributed by atoms with Crippen LogP contribution in [0.1, 0.15) is 51.7 Å². The number of thioether (sulfide) groups is 1. The van der Waals surface area contributed by atoms with Crippen molar-refractivity contribution >= 4 is 11.8 Å². The summed E-state index contributed by atoms with van der Waals surface area (Å²) in [6.07, 6.45) is 5.85. The fourth-order valence-corrected chi connectivity index (χ4v) is 3.15. The monoisotopic (exact) mass is 294 g/mol. The van der Waals surface area contributed by atoms with Gasteiger partial charge >= 0.3 is 0 Å². The molecule has 0 aliphatic heterocycles. The standard InChI is InChI=1S/C15H26N4S/c1-10-5-6-13(7-11(10)2)12(3)16-8-14-17-15(9-20-4)19-18-14/h12-13,16H,5-9H2,1-4H3,(H,17,18,19). The minimum absolute atomic E-state index is 0.514. The molecule has 0 saturated heterocycles. The number of nitrogens with zero attached hydrogens (tertiary/aromatic N) is 2. The van der Waals surface area contributed by atoms with Gasteiger partial charge in [-0.05, 0) is 52.2 Å². The Morgan fingerprint density at radius 3 is 2.90 bits per heavy atom. The lowest BCUT2D eigenvalue weighted by molar-refractivity contribution is 0.333. The van der Waals surface area contributed by atoms with Gasteiger partial charge in [0.05, 0.1) is 12.3 Å². The average molecular weight is 294 g/mol. The molecule has 1 aromatic rings. The van der Waals surface area contributed by atoms with Gasteiger partial charge in [0.2, 0.25) is 0 Å². The van der Waals surface area contributed by atoms with Crippen molar-refractivity contribution in [1.82, 2.24) is 20.5 Å². The summed E-state index contributed by atoms with van der Waals surface area (Å²) >= 11 is 1.76. The highest BCUT2D eigenvalue weighted by molar-refractivity contribution is 7.97. The second-order valence-electron chi connectivity index (χ2n) is 5.86. The maximum atomic E-state index is 4.48. The number of nitrogens with one attached hydrogen (secondary N) is 2. The number of hydrogen-bond donors (Lipinski definition) is 2. The molecule has 1 heterocycles. The Hall–Kier alpha value is -0.810. The first-order valence-corrected chi connectivity index (χ1v) is 8.77. The first kappa shape index (κ1) is 15.6. The van der Waals surface area contributed by atoms with Crippen LogP contribution in [0.3, 0.4) is 0 Å². The molecule has 0 amide bonds. The molecule has 4 nitrogen and oxygen atoms in total. The smallest absolute Gasteiger partial charge is 0.164 e. The largest absolute Gasteiger partial charge is 0.307 e. The Morgan fingerprint density at radius 1 is 1.40 bits per heavy atom. The summed E-state index contributed by atoms with van der Waals surface area (Å²) in [4.78, 5) is 4.48. The highest BCUT2D eigenvalue weighted by Gasteiger charge is 2.22. The molecule has 2 N–H and O–H groups in total. The third-order valence-electron chi connectivity index (χ3n) is 4.34. The minimum Gasteiger partial charge on any atom is -0.307 e. The molecule has 1 aliphatic carbocycles. The van der Waals surface area contributed by atoms with Gasteiger partial charge in [0.25, 0.3) is 0 Å². The fraction of sp³-hybridized carbons (Fsp3) is 0.733. The van der Waals surface area contributed by atoms with E-state index >= 15 is 0 Å². The number of hydrogen-bond acceptors (Lipinski definition) is 4. The average Bonchev–Trinajstić information content (AvgIpc) is 2.87. The molecular formula is C15H26N4S. The van der Waals surface area contributed by atoms with Crippen LogP contribution in [0.5, 0.6) is 0 Å². The summed E-state index contributed by atoms with van der Waals surface area (Å²) in [6.45, 7) is 7.58. The van der Waals surface area contributed by atoms with Crippen LogP contribution < -0.4 is 5.32 Å². The number of aromatic nitrogens is 3. The highest BCUT2D eigenvalue weighted by atomic mass is 32.2. The Balaban J connectivity index is 1.81. The van der Waals surface area contributed by atoms with Gasteiger partial charge in [-0.2, -0.15) is 16.9 Å². The number of rotatable bonds is 6. The predicted molar refractivity (Wildman–Crippen MR) is 85.6 cm³/mol. The maximum Gasteiger partial charge on any atom is 0.164 e. The summed E-state index contributed by atoms with van der Waals surface area (Å²) in [7, 11) is 0. The van der Waals surface area contributed by atoms with Crippen molar-refractivity contribution in [3.63, 3.8) is 0 Å². The maximum absolute atomic E-state index is 4.48. The van der Waals surface area contributed by atoms with Gasteiger partial charge in [-0.25, -0.2) is 4.98 Å². The van der Waals surface area contributed by atoms with Gasteiger partial charge < -0.3 is 5.32 Å². The van der Waals surface area contributed by atoms with Gasteiger partial charge in [-0.15, -0.1) is 0 Å².